The van der Waals surface area contributed by atoms with Crippen molar-refractivity contribution in [1.29, 1.82) is 0 Å². The Bertz CT molecular complexity index is 863. The number of fused-ring (bicyclic) bond motifs is 1. The molecule has 0 saturated heterocycles. The Kier molecular flexibility index (Phi) is 5.62. The summed E-state index contributed by atoms with van der Waals surface area (Å²) in [6.45, 7) is 2.56. The van der Waals surface area contributed by atoms with Crippen LogP contribution in [0.1, 0.15) is 37.0 Å². The quantitative estimate of drug-likeness (QED) is 0.651. The average Bonchev–Trinajstić information content (AvgIpc) is 2.92. The number of rotatable bonds is 7. The van der Waals surface area contributed by atoms with E-state index in [0.29, 0.717) is 17.9 Å². The molecule has 26 heavy (non-hydrogen) atoms. The predicted molar refractivity (Wildman–Crippen MR) is 104 cm³/mol. The van der Waals surface area contributed by atoms with Gasteiger partial charge in [-0.3, -0.25) is 9.11 Å². The van der Waals surface area contributed by atoms with Crippen LogP contribution in [0.3, 0.4) is 0 Å². The molecule has 1 unspecified atom stereocenters. The Morgan fingerprint density at radius 1 is 1.08 bits per heavy atom. The molecule has 0 spiro atoms. The second-order valence-electron chi connectivity index (χ2n) is 6.41. The molecule has 2 aromatic carbocycles. The van der Waals surface area contributed by atoms with E-state index >= 15 is 0 Å². The van der Waals surface area contributed by atoms with Gasteiger partial charge in [-0.1, -0.05) is 50.1 Å². The van der Waals surface area contributed by atoms with Gasteiger partial charge in [-0.15, -0.1) is 0 Å². The highest BCUT2D eigenvalue weighted by atomic mass is 32.3. The second-order valence-corrected chi connectivity index (χ2v) is 10.6. The number of benzene rings is 2. The summed E-state index contributed by atoms with van der Waals surface area (Å²) in [5, 5.41) is -0.982. The van der Waals surface area contributed by atoms with Crippen molar-refractivity contribution in [2.75, 3.05) is 12.4 Å². The lowest BCUT2D eigenvalue weighted by Gasteiger charge is -2.29. The van der Waals surface area contributed by atoms with Crippen LogP contribution in [0.2, 0.25) is 0 Å². The molecule has 7 heteroatoms. The molecule has 0 aromatic heterocycles. The zero-order chi connectivity index (χ0) is 18.8. The van der Waals surface area contributed by atoms with Crippen molar-refractivity contribution in [2.45, 2.75) is 41.2 Å². The van der Waals surface area contributed by atoms with E-state index < -0.39 is 25.7 Å². The third-order valence-corrected chi connectivity index (χ3v) is 8.72. The molecule has 2 N–H and O–H groups in total. The van der Waals surface area contributed by atoms with Crippen LogP contribution in [0, 0.1) is 0 Å². The van der Waals surface area contributed by atoms with Crippen molar-refractivity contribution in [3.63, 3.8) is 0 Å². The van der Waals surface area contributed by atoms with E-state index in [2.05, 4.69) is 6.92 Å². The maximum absolute atomic E-state index is 13.0. The summed E-state index contributed by atoms with van der Waals surface area (Å²) < 4.78 is 53.1. The minimum absolute atomic E-state index is 0.183. The zero-order valence-electron chi connectivity index (χ0n) is 14.7. The van der Waals surface area contributed by atoms with Crippen LogP contribution < -0.4 is 4.74 Å². The lowest BCUT2D eigenvalue weighted by molar-refractivity contribution is 0.297. The number of sulfone groups is 1. The molecule has 0 bridgehead atoms. The van der Waals surface area contributed by atoms with Crippen molar-refractivity contribution in [1.82, 2.24) is 0 Å². The van der Waals surface area contributed by atoms with Crippen LogP contribution in [0.15, 0.2) is 58.3 Å². The second kappa shape index (κ2) is 7.60. The van der Waals surface area contributed by atoms with Gasteiger partial charge in [-0.05, 0) is 30.2 Å². The monoisotopic (exact) mass is 396 g/mol. The summed E-state index contributed by atoms with van der Waals surface area (Å²) in [5.41, 5.74) is 0.432. The molecule has 0 radical (unpaired) electrons. The van der Waals surface area contributed by atoms with Gasteiger partial charge in [0.2, 0.25) is 0 Å². The van der Waals surface area contributed by atoms with E-state index in [1.54, 1.807) is 36.4 Å². The lowest BCUT2D eigenvalue weighted by atomic mass is 10.1. The van der Waals surface area contributed by atoms with Gasteiger partial charge in [0.05, 0.1) is 17.3 Å². The molecule has 2 aromatic rings. The molecular weight excluding hydrogens is 372 g/mol. The third kappa shape index (κ3) is 3.62. The van der Waals surface area contributed by atoms with Crippen molar-refractivity contribution in [3.8, 4) is 5.75 Å². The SMILES string of the molecule is CCCCCOc1cccc2c1S(O)(O)CC2S(=O)(=O)c1ccccc1. The largest absolute Gasteiger partial charge is 0.492 e. The molecule has 0 saturated carbocycles. The van der Waals surface area contributed by atoms with Crippen LogP contribution >= 0.6 is 10.6 Å². The minimum Gasteiger partial charge on any atom is -0.492 e. The van der Waals surface area contributed by atoms with Crippen molar-refractivity contribution < 1.29 is 22.3 Å². The Morgan fingerprint density at radius 2 is 1.81 bits per heavy atom. The van der Waals surface area contributed by atoms with Gasteiger partial charge in [0.25, 0.3) is 0 Å². The fourth-order valence-corrected chi connectivity index (χ4v) is 7.76. The number of ether oxygens (including phenoxy) is 1. The molecule has 1 aliphatic heterocycles. The van der Waals surface area contributed by atoms with Gasteiger partial charge in [0.1, 0.15) is 15.9 Å². The third-order valence-electron chi connectivity index (χ3n) is 4.52. The van der Waals surface area contributed by atoms with Crippen molar-refractivity contribution in [3.05, 3.63) is 54.1 Å². The van der Waals surface area contributed by atoms with E-state index in [-0.39, 0.29) is 15.5 Å². The fraction of sp³-hybridized carbons (Fsp3) is 0.368. The van der Waals surface area contributed by atoms with Gasteiger partial charge in [-0.25, -0.2) is 8.42 Å². The molecule has 1 heterocycles. The maximum atomic E-state index is 13.0. The van der Waals surface area contributed by atoms with Gasteiger partial charge >= 0.3 is 0 Å². The summed E-state index contributed by atoms with van der Waals surface area (Å²) in [7, 11) is -6.95. The highest BCUT2D eigenvalue weighted by molar-refractivity contribution is 8.25. The predicted octanol–water partition coefficient (Wildman–Crippen LogP) is 4.89. The summed E-state index contributed by atoms with van der Waals surface area (Å²) in [6.07, 6.45) is 2.95. The topological polar surface area (TPSA) is 83.8 Å². The molecule has 0 fully saturated rings. The van der Waals surface area contributed by atoms with Crippen molar-refractivity contribution >= 4 is 20.4 Å². The molecule has 1 atom stereocenters. The summed E-state index contributed by atoms with van der Waals surface area (Å²) in [4.78, 5) is 0.434. The standard InChI is InChI=1S/C19H24O5S2/c1-2-3-7-13-24-17-12-8-11-16-18(14-25(20,21)19(16)17)26(22,23)15-9-5-4-6-10-15/h4-6,8-12,18,20-21H,2-3,7,13-14H2,1H3. The maximum Gasteiger partial charge on any atom is 0.187 e. The first kappa shape index (κ1) is 19.2. The fourth-order valence-electron chi connectivity index (χ4n) is 3.20. The first-order chi connectivity index (χ1) is 12.4. The van der Waals surface area contributed by atoms with Crippen LogP contribution in [0.5, 0.6) is 5.75 Å². The Balaban J connectivity index is 1.98. The van der Waals surface area contributed by atoms with Gasteiger partial charge in [-0.2, -0.15) is 10.6 Å². The number of hydrogen-bond acceptors (Lipinski definition) is 5. The highest BCUT2D eigenvalue weighted by Crippen LogP contribution is 2.64. The van der Waals surface area contributed by atoms with Crippen LogP contribution in [-0.4, -0.2) is 29.9 Å². The van der Waals surface area contributed by atoms with E-state index in [0.717, 1.165) is 19.3 Å². The highest BCUT2D eigenvalue weighted by Gasteiger charge is 2.44. The average molecular weight is 397 g/mol. The first-order valence-electron chi connectivity index (χ1n) is 8.68. The molecular formula is C19H24O5S2. The summed E-state index contributed by atoms with van der Waals surface area (Å²) in [5.74, 6) is 0.152. The molecule has 1 aliphatic rings. The smallest absolute Gasteiger partial charge is 0.187 e. The lowest BCUT2D eigenvalue weighted by Crippen LogP contribution is -2.15. The zero-order valence-corrected chi connectivity index (χ0v) is 16.3. The van der Waals surface area contributed by atoms with E-state index in [1.165, 1.54) is 12.1 Å². The molecule has 0 aliphatic carbocycles. The first-order valence-corrected chi connectivity index (χ1v) is 11.9. The summed E-state index contributed by atoms with van der Waals surface area (Å²) in [6, 6.07) is 13.2. The van der Waals surface area contributed by atoms with Gasteiger partial charge in [0, 0.05) is 0 Å². The normalized spacial score (nSPS) is 19.7. The van der Waals surface area contributed by atoms with Crippen molar-refractivity contribution in [2.24, 2.45) is 0 Å². The van der Waals surface area contributed by atoms with E-state index in [1.807, 2.05) is 0 Å². The molecule has 5 nitrogen and oxygen atoms in total. The van der Waals surface area contributed by atoms with Crippen LogP contribution in [0.25, 0.3) is 0 Å². The van der Waals surface area contributed by atoms with Crippen LogP contribution in [0.4, 0.5) is 0 Å². The molecule has 142 valence electrons. The minimum atomic E-state index is -3.72. The van der Waals surface area contributed by atoms with Gasteiger partial charge in [0.15, 0.2) is 9.84 Å². The molecule has 0 amide bonds. The van der Waals surface area contributed by atoms with Crippen LogP contribution in [-0.2, 0) is 9.84 Å². The van der Waals surface area contributed by atoms with Gasteiger partial charge < -0.3 is 4.74 Å². The van der Waals surface area contributed by atoms with E-state index in [9.17, 15) is 17.5 Å². The number of unbranched alkanes of at least 4 members (excludes halogenated alkanes) is 2. The Morgan fingerprint density at radius 3 is 2.50 bits per heavy atom. The number of hydrogen-bond donors (Lipinski definition) is 2. The molecule has 3 rings (SSSR count). The Hall–Kier alpha value is -1.54. The Labute approximate surface area is 156 Å². The summed E-state index contributed by atoms with van der Waals surface area (Å²) >= 11 is 0. The van der Waals surface area contributed by atoms with E-state index in [4.69, 9.17) is 4.74 Å².